The Balaban J connectivity index is 2.93. The molecule has 1 aromatic carbocycles. The summed E-state index contributed by atoms with van der Waals surface area (Å²) in [5.74, 6) is 0. The maximum absolute atomic E-state index is 10.6. The lowest BCUT2D eigenvalue weighted by molar-refractivity contribution is 0.112. The summed E-state index contributed by atoms with van der Waals surface area (Å²) in [6.07, 6.45) is 2.26. The zero-order valence-corrected chi connectivity index (χ0v) is 7.79. The quantitative estimate of drug-likeness (QED) is 0.655. The van der Waals surface area contributed by atoms with E-state index in [0.717, 1.165) is 16.5 Å². The second kappa shape index (κ2) is 3.10. The number of nitrogens with one attached hydrogen (secondary N) is 2. The van der Waals surface area contributed by atoms with E-state index in [-0.39, 0.29) is 5.36 Å². The number of rotatable bonds is 1. The smallest absolute Gasteiger partial charge is 0.153 e. The molecule has 2 rings (SSSR count). The van der Waals surface area contributed by atoms with Gasteiger partial charge in [-0.1, -0.05) is 11.6 Å². The highest BCUT2D eigenvalue weighted by Gasteiger charge is 2.00. The van der Waals surface area contributed by atoms with Crippen LogP contribution in [0, 0.1) is 12.3 Å². The van der Waals surface area contributed by atoms with Gasteiger partial charge in [0, 0.05) is 17.1 Å². The number of carbonyl (C=O) groups is 1. The van der Waals surface area contributed by atoms with Gasteiger partial charge in [-0.05, 0) is 19.1 Å². The average Bonchev–Trinajstić information content (AvgIpc) is 2.20. The molecule has 0 radical (unpaired) electrons. The molecule has 0 amide bonds. The molecule has 1 aromatic heterocycles. The minimum absolute atomic E-state index is 0.289. The Hall–Kier alpha value is -1.90. The molecule has 0 atom stereocenters. The summed E-state index contributed by atoms with van der Waals surface area (Å²) in [6.45, 7) is 1.96. The minimum atomic E-state index is 0.289. The maximum atomic E-state index is 10.6. The van der Waals surface area contributed by atoms with Crippen molar-refractivity contribution in [3.05, 3.63) is 40.9 Å². The molecular weight excluding hydrogens is 176 g/mol. The molecule has 0 aliphatic carbocycles. The molecule has 1 heterocycles. The van der Waals surface area contributed by atoms with Crippen molar-refractivity contribution in [2.45, 2.75) is 6.92 Å². The third-order valence-electron chi connectivity index (χ3n) is 2.24. The van der Waals surface area contributed by atoms with E-state index in [1.165, 1.54) is 0 Å². The first-order valence-electron chi connectivity index (χ1n) is 4.34. The molecule has 0 unspecified atom stereocenters. The Labute approximate surface area is 80.9 Å². The molecule has 70 valence electrons. The van der Waals surface area contributed by atoms with Gasteiger partial charge in [0.25, 0.3) is 0 Å². The van der Waals surface area contributed by atoms with Crippen LogP contribution in [0.5, 0.6) is 0 Å². The van der Waals surface area contributed by atoms with Crippen LogP contribution in [0.1, 0.15) is 15.9 Å². The second-order valence-electron chi connectivity index (χ2n) is 3.29. The molecule has 14 heavy (non-hydrogen) atoms. The van der Waals surface area contributed by atoms with Crippen molar-refractivity contribution in [1.29, 1.82) is 5.41 Å². The molecule has 0 saturated carbocycles. The Morgan fingerprint density at radius 1 is 1.43 bits per heavy atom. The summed E-state index contributed by atoms with van der Waals surface area (Å²) in [4.78, 5) is 13.6. The Kier molecular flexibility index (Phi) is 1.93. The summed E-state index contributed by atoms with van der Waals surface area (Å²) >= 11 is 0. The number of aromatic amines is 1. The summed E-state index contributed by atoms with van der Waals surface area (Å²) in [7, 11) is 0. The summed E-state index contributed by atoms with van der Waals surface area (Å²) in [6, 6.07) is 5.79. The monoisotopic (exact) mass is 186 g/mol. The largest absolute Gasteiger partial charge is 0.360 e. The predicted molar refractivity (Wildman–Crippen MR) is 54.3 cm³/mol. The van der Waals surface area contributed by atoms with E-state index in [4.69, 9.17) is 5.41 Å². The molecule has 0 bridgehead atoms. The number of benzene rings is 1. The van der Waals surface area contributed by atoms with Gasteiger partial charge in [0.1, 0.15) is 0 Å². The van der Waals surface area contributed by atoms with E-state index >= 15 is 0 Å². The van der Waals surface area contributed by atoms with Crippen LogP contribution in [0.4, 0.5) is 0 Å². The molecule has 3 nitrogen and oxygen atoms in total. The lowest BCUT2D eigenvalue weighted by atomic mass is 10.1. The van der Waals surface area contributed by atoms with E-state index in [9.17, 15) is 4.79 Å². The third-order valence-corrected chi connectivity index (χ3v) is 2.24. The van der Waals surface area contributed by atoms with E-state index in [1.54, 1.807) is 6.20 Å². The van der Waals surface area contributed by atoms with Crippen LogP contribution in [-0.4, -0.2) is 11.3 Å². The number of aldehydes is 1. The molecule has 0 spiro atoms. The first-order valence-corrected chi connectivity index (χ1v) is 4.34. The van der Waals surface area contributed by atoms with Crippen molar-refractivity contribution in [3.63, 3.8) is 0 Å². The van der Waals surface area contributed by atoms with Crippen LogP contribution in [0.3, 0.4) is 0 Å². The molecule has 0 aliphatic heterocycles. The molecule has 3 heteroatoms. The summed E-state index contributed by atoms with van der Waals surface area (Å²) < 4.78 is 0. The van der Waals surface area contributed by atoms with Crippen LogP contribution in [0.2, 0.25) is 0 Å². The molecule has 0 aliphatic rings. The lowest BCUT2D eigenvalue weighted by Gasteiger charge is -2.01. The third kappa shape index (κ3) is 1.23. The number of hydrogen-bond donors (Lipinski definition) is 2. The van der Waals surface area contributed by atoms with Gasteiger partial charge >= 0.3 is 0 Å². The van der Waals surface area contributed by atoms with E-state index < -0.39 is 0 Å². The zero-order valence-electron chi connectivity index (χ0n) is 7.79. The van der Waals surface area contributed by atoms with Gasteiger partial charge in [0.05, 0.1) is 10.9 Å². The van der Waals surface area contributed by atoms with Gasteiger partial charge in [-0.25, -0.2) is 0 Å². The lowest BCUT2D eigenvalue weighted by Crippen LogP contribution is -2.09. The van der Waals surface area contributed by atoms with Crippen LogP contribution < -0.4 is 5.36 Å². The Morgan fingerprint density at radius 3 is 2.93 bits per heavy atom. The Bertz CT molecular complexity index is 555. The summed E-state index contributed by atoms with van der Waals surface area (Å²) in [5, 5.41) is 8.86. The van der Waals surface area contributed by atoms with Crippen molar-refractivity contribution in [1.82, 2.24) is 4.98 Å². The van der Waals surface area contributed by atoms with Gasteiger partial charge < -0.3 is 4.98 Å². The fraction of sp³-hybridized carbons (Fsp3) is 0.0909. The molecule has 2 N–H and O–H groups in total. The van der Waals surface area contributed by atoms with Crippen molar-refractivity contribution >= 4 is 17.2 Å². The van der Waals surface area contributed by atoms with E-state index in [1.807, 2.05) is 25.1 Å². The number of carbonyl (C=O) groups excluding carboxylic acids is 1. The SMILES string of the molecule is Cc1ccc2[nH]cc(C=O)c(=N)c2c1. The van der Waals surface area contributed by atoms with Crippen LogP contribution >= 0.6 is 0 Å². The predicted octanol–water partition coefficient (Wildman–Crippen LogP) is 1.77. The number of aryl methyl sites for hydroxylation is 1. The second-order valence-corrected chi connectivity index (χ2v) is 3.29. The fourth-order valence-electron chi connectivity index (χ4n) is 1.47. The van der Waals surface area contributed by atoms with Crippen LogP contribution in [0.15, 0.2) is 24.4 Å². The fourth-order valence-corrected chi connectivity index (χ4v) is 1.47. The van der Waals surface area contributed by atoms with Gasteiger partial charge in [-0.2, -0.15) is 0 Å². The Morgan fingerprint density at radius 2 is 2.21 bits per heavy atom. The van der Waals surface area contributed by atoms with E-state index in [2.05, 4.69) is 4.98 Å². The van der Waals surface area contributed by atoms with Gasteiger partial charge in [-0.3, -0.25) is 10.2 Å². The van der Waals surface area contributed by atoms with Crippen LogP contribution in [-0.2, 0) is 0 Å². The van der Waals surface area contributed by atoms with Gasteiger partial charge in [-0.15, -0.1) is 0 Å². The zero-order chi connectivity index (χ0) is 10.1. The molecule has 2 aromatic rings. The van der Waals surface area contributed by atoms with Crippen LogP contribution in [0.25, 0.3) is 10.9 Å². The molecular formula is C11H10N2O. The topological polar surface area (TPSA) is 56.7 Å². The highest BCUT2D eigenvalue weighted by atomic mass is 16.1. The number of fused-ring (bicyclic) bond motifs is 1. The number of H-pyrrole nitrogens is 1. The number of aromatic nitrogens is 1. The maximum Gasteiger partial charge on any atom is 0.153 e. The first kappa shape index (κ1) is 8.69. The van der Waals surface area contributed by atoms with Crippen molar-refractivity contribution in [2.24, 2.45) is 0 Å². The minimum Gasteiger partial charge on any atom is -0.360 e. The summed E-state index contributed by atoms with van der Waals surface area (Å²) in [5.41, 5.74) is 2.36. The normalized spacial score (nSPS) is 10.4. The average molecular weight is 186 g/mol. The van der Waals surface area contributed by atoms with Crippen molar-refractivity contribution < 1.29 is 4.79 Å². The number of hydrogen-bond acceptors (Lipinski definition) is 2. The molecule has 0 fully saturated rings. The van der Waals surface area contributed by atoms with Gasteiger partial charge in [0.2, 0.25) is 0 Å². The highest BCUT2D eigenvalue weighted by molar-refractivity contribution is 5.85. The first-order chi connectivity index (χ1) is 6.72. The van der Waals surface area contributed by atoms with Gasteiger partial charge in [0.15, 0.2) is 6.29 Å². The standard InChI is InChI=1S/C11H10N2O/c1-7-2-3-10-9(4-7)11(12)8(6-14)5-13-10/h2-6H,1H3,(H2,12,13). The van der Waals surface area contributed by atoms with E-state index in [0.29, 0.717) is 11.8 Å². The van der Waals surface area contributed by atoms with Crippen molar-refractivity contribution in [3.8, 4) is 0 Å². The highest BCUT2D eigenvalue weighted by Crippen LogP contribution is 2.09. The van der Waals surface area contributed by atoms with Crippen molar-refractivity contribution in [2.75, 3.05) is 0 Å². The molecule has 0 saturated heterocycles. The number of pyridine rings is 1.